The van der Waals surface area contributed by atoms with Crippen molar-refractivity contribution < 1.29 is 5.11 Å². The summed E-state index contributed by atoms with van der Waals surface area (Å²) in [6.07, 6.45) is 2.33. The van der Waals surface area contributed by atoms with Gasteiger partial charge in [-0.05, 0) is 45.1 Å². The average molecular weight is 269 g/mol. The molecule has 18 heavy (non-hydrogen) atoms. The van der Waals surface area contributed by atoms with Crippen LogP contribution in [0.1, 0.15) is 18.4 Å². The molecule has 1 aliphatic heterocycles. The van der Waals surface area contributed by atoms with Crippen LogP contribution in [0, 0.1) is 0 Å². The summed E-state index contributed by atoms with van der Waals surface area (Å²) in [6, 6.07) is 6.44. The SMILES string of the molecule is CN(C)C1CCN(c2ccc(Cl)cc2CO)CC1. The minimum Gasteiger partial charge on any atom is -0.392 e. The molecule has 0 atom stereocenters. The van der Waals surface area contributed by atoms with E-state index in [1.54, 1.807) is 0 Å². The summed E-state index contributed by atoms with van der Waals surface area (Å²) >= 11 is 5.96. The van der Waals surface area contributed by atoms with Gasteiger partial charge in [0.25, 0.3) is 0 Å². The molecule has 0 saturated carbocycles. The van der Waals surface area contributed by atoms with Crippen molar-refractivity contribution in [2.45, 2.75) is 25.5 Å². The Balaban J connectivity index is 2.09. The molecule has 0 aliphatic carbocycles. The number of anilines is 1. The molecule has 0 amide bonds. The Morgan fingerprint density at radius 3 is 2.56 bits per heavy atom. The molecule has 1 aromatic rings. The lowest BCUT2D eigenvalue weighted by Crippen LogP contribution is -2.42. The first kappa shape index (κ1) is 13.7. The Morgan fingerprint density at radius 1 is 1.33 bits per heavy atom. The van der Waals surface area contributed by atoms with Crippen LogP contribution < -0.4 is 4.90 Å². The molecule has 1 heterocycles. The fraction of sp³-hybridized carbons (Fsp3) is 0.571. The van der Waals surface area contributed by atoms with Crippen LogP contribution in [0.4, 0.5) is 5.69 Å². The zero-order chi connectivity index (χ0) is 13.1. The summed E-state index contributed by atoms with van der Waals surface area (Å²) in [5.41, 5.74) is 2.05. The first-order valence-corrected chi connectivity index (χ1v) is 6.80. The molecule has 0 bridgehead atoms. The molecule has 0 unspecified atom stereocenters. The maximum atomic E-state index is 9.42. The molecule has 2 rings (SSSR count). The van der Waals surface area contributed by atoms with Crippen LogP contribution in [0.15, 0.2) is 18.2 Å². The Hall–Kier alpha value is -0.770. The lowest BCUT2D eigenvalue weighted by molar-refractivity contribution is 0.248. The number of hydrogen-bond acceptors (Lipinski definition) is 3. The van der Waals surface area contributed by atoms with Gasteiger partial charge in [-0.15, -0.1) is 0 Å². The van der Waals surface area contributed by atoms with Crippen LogP contribution >= 0.6 is 11.6 Å². The van der Waals surface area contributed by atoms with Crippen molar-refractivity contribution in [2.75, 3.05) is 32.1 Å². The van der Waals surface area contributed by atoms with Gasteiger partial charge in [-0.25, -0.2) is 0 Å². The van der Waals surface area contributed by atoms with Crippen LogP contribution in [0.5, 0.6) is 0 Å². The molecule has 3 nitrogen and oxygen atoms in total. The van der Waals surface area contributed by atoms with Gasteiger partial charge in [-0.1, -0.05) is 11.6 Å². The number of piperidine rings is 1. The summed E-state index contributed by atoms with van der Waals surface area (Å²) in [7, 11) is 4.28. The van der Waals surface area contributed by atoms with Crippen molar-refractivity contribution in [3.8, 4) is 0 Å². The Bertz CT molecular complexity index is 401. The van der Waals surface area contributed by atoms with Gasteiger partial charge in [0.1, 0.15) is 0 Å². The fourth-order valence-electron chi connectivity index (χ4n) is 2.61. The van der Waals surface area contributed by atoms with Crippen LogP contribution in [-0.2, 0) is 6.61 Å². The maximum absolute atomic E-state index is 9.42. The van der Waals surface area contributed by atoms with Crippen molar-refractivity contribution in [1.29, 1.82) is 0 Å². The van der Waals surface area contributed by atoms with Crippen molar-refractivity contribution in [2.24, 2.45) is 0 Å². The highest BCUT2D eigenvalue weighted by Crippen LogP contribution is 2.27. The van der Waals surface area contributed by atoms with Crippen molar-refractivity contribution >= 4 is 17.3 Å². The van der Waals surface area contributed by atoms with E-state index in [1.165, 1.54) is 12.8 Å². The highest BCUT2D eigenvalue weighted by atomic mass is 35.5. The van der Waals surface area contributed by atoms with Gasteiger partial charge >= 0.3 is 0 Å². The zero-order valence-electron chi connectivity index (χ0n) is 11.1. The number of aliphatic hydroxyl groups is 1. The predicted octanol–water partition coefficient (Wildman–Crippen LogP) is 2.36. The molecule has 0 radical (unpaired) electrons. The van der Waals surface area contributed by atoms with E-state index >= 15 is 0 Å². The van der Waals surface area contributed by atoms with Gasteiger partial charge in [0, 0.05) is 35.4 Å². The third kappa shape index (κ3) is 2.97. The van der Waals surface area contributed by atoms with E-state index in [1.807, 2.05) is 18.2 Å². The summed E-state index contributed by atoms with van der Waals surface area (Å²) < 4.78 is 0. The molecule has 1 fully saturated rings. The summed E-state index contributed by atoms with van der Waals surface area (Å²) in [5.74, 6) is 0. The van der Waals surface area contributed by atoms with E-state index in [-0.39, 0.29) is 6.61 Å². The molecular formula is C14H21ClN2O. The van der Waals surface area contributed by atoms with E-state index in [0.29, 0.717) is 11.1 Å². The van der Waals surface area contributed by atoms with Gasteiger partial charge in [0.2, 0.25) is 0 Å². The smallest absolute Gasteiger partial charge is 0.0702 e. The fourth-order valence-corrected chi connectivity index (χ4v) is 2.81. The van der Waals surface area contributed by atoms with Gasteiger partial charge in [-0.3, -0.25) is 0 Å². The molecule has 1 saturated heterocycles. The highest BCUT2D eigenvalue weighted by molar-refractivity contribution is 6.30. The first-order valence-electron chi connectivity index (χ1n) is 6.42. The van der Waals surface area contributed by atoms with E-state index in [9.17, 15) is 5.11 Å². The predicted molar refractivity (Wildman–Crippen MR) is 76.3 cm³/mol. The van der Waals surface area contributed by atoms with Gasteiger partial charge < -0.3 is 14.9 Å². The molecule has 100 valence electrons. The third-order valence-electron chi connectivity index (χ3n) is 3.75. The quantitative estimate of drug-likeness (QED) is 0.912. The number of benzene rings is 1. The van der Waals surface area contributed by atoms with Crippen molar-refractivity contribution in [3.05, 3.63) is 28.8 Å². The molecule has 1 aromatic carbocycles. The highest BCUT2D eigenvalue weighted by Gasteiger charge is 2.22. The van der Waals surface area contributed by atoms with E-state index in [0.717, 1.165) is 24.3 Å². The second-order valence-electron chi connectivity index (χ2n) is 5.11. The Labute approximate surface area is 114 Å². The maximum Gasteiger partial charge on any atom is 0.0702 e. The van der Waals surface area contributed by atoms with Crippen molar-refractivity contribution in [3.63, 3.8) is 0 Å². The van der Waals surface area contributed by atoms with E-state index < -0.39 is 0 Å². The van der Waals surface area contributed by atoms with Gasteiger partial charge in [-0.2, -0.15) is 0 Å². The number of aliphatic hydroxyl groups excluding tert-OH is 1. The standard InChI is InChI=1S/C14H21ClN2O/c1-16(2)13-5-7-17(8-6-13)14-4-3-12(15)9-11(14)10-18/h3-4,9,13,18H,5-8,10H2,1-2H3. The van der Waals surface area contributed by atoms with Gasteiger partial charge in [0.15, 0.2) is 0 Å². The summed E-state index contributed by atoms with van der Waals surface area (Å²) in [4.78, 5) is 4.65. The molecule has 0 spiro atoms. The minimum atomic E-state index is 0.0451. The monoisotopic (exact) mass is 268 g/mol. The molecule has 4 heteroatoms. The lowest BCUT2D eigenvalue weighted by Gasteiger charge is -2.37. The van der Waals surface area contributed by atoms with Crippen LogP contribution in [0.3, 0.4) is 0 Å². The van der Waals surface area contributed by atoms with Crippen LogP contribution in [0.2, 0.25) is 5.02 Å². The average Bonchev–Trinajstić information content (AvgIpc) is 2.38. The number of halogens is 1. The Kier molecular flexibility index (Phi) is 4.49. The number of nitrogens with zero attached hydrogens (tertiary/aromatic N) is 2. The summed E-state index contributed by atoms with van der Waals surface area (Å²) in [5, 5.41) is 10.1. The molecule has 1 aliphatic rings. The first-order chi connectivity index (χ1) is 8.61. The zero-order valence-corrected chi connectivity index (χ0v) is 11.8. The normalized spacial score (nSPS) is 17.5. The van der Waals surface area contributed by atoms with Crippen molar-refractivity contribution in [1.82, 2.24) is 4.90 Å². The van der Waals surface area contributed by atoms with Crippen LogP contribution in [0.25, 0.3) is 0 Å². The third-order valence-corrected chi connectivity index (χ3v) is 3.98. The number of rotatable bonds is 3. The lowest BCUT2D eigenvalue weighted by atomic mass is 10.0. The largest absolute Gasteiger partial charge is 0.392 e. The molecule has 0 aromatic heterocycles. The molecule has 1 N–H and O–H groups in total. The number of hydrogen-bond donors (Lipinski definition) is 1. The second-order valence-corrected chi connectivity index (χ2v) is 5.55. The van der Waals surface area contributed by atoms with E-state index in [2.05, 4.69) is 23.9 Å². The Morgan fingerprint density at radius 2 is 2.00 bits per heavy atom. The van der Waals surface area contributed by atoms with Crippen LogP contribution in [-0.4, -0.2) is 43.2 Å². The topological polar surface area (TPSA) is 26.7 Å². The molecular weight excluding hydrogens is 248 g/mol. The minimum absolute atomic E-state index is 0.0451. The second kappa shape index (κ2) is 5.91. The van der Waals surface area contributed by atoms with E-state index in [4.69, 9.17) is 11.6 Å². The van der Waals surface area contributed by atoms with Gasteiger partial charge in [0.05, 0.1) is 6.61 Å². The summed E-state index contributed by atoms with van der Waals surface area (Å²) in [6.45, 7) is 2.12.